The Morgan fingerprint density at radius 3 is 2.83 bits per heavy atom. The number of hydrogen-bond donors (Lipinski definition) is 1. The molecule has 2 aromatic rings. The van der Waals surface area contributed by atoms with Gasteiger partial charge >= 0.3 is 0 Å². The molecule has 0 unspecified atom stereocenters. The van der Waals surface area contributed by atoms with Crippen LogP contribution in [0.3, 0.4) is 0 Å². The van der Waals surface area contributed by atoms with Crippen LogP contribution >= 0.6 is 27.5 Å². The summed E-state index contributed by atoms with van der Waals surface area (Å²) in [4.78, 5) is 12.0. The molecule has 0 saturated carbocycles. The maximum absolute atomic E-state index is 12.0. The predicted molar refractivity (Wildman–Crippen MR) is 99.0 cm³/mol. The number of anilines is 1. The van der Waals surface area contributed by atoms with E-state index >= 15 is 0 Å². The van der Waals surface area contributed by atoms with Gasteiger partial charge in [0, 0.05) is 16.1 Å². The van der Waals surface area contributed by atoms with E-state index in [4.69, 9.17) is 16.3 Å². The molecule has 2 rings (SSSR count). The third-order valence-corrected chi connectivity index (χ3v) is 3.79. The van der Waals surface area contributed by atoms with Crippen LogP contribution in [0.1, 0.15) is 18.9 Å². The van der Waals surface area contributed by atoms with Crippen molar-refractivity contribution in [3.05, 3.63) is 63.6 Å². The molecule has 2 aromatic carbocycles. The minimum atomic E-state index is -0.250. The van der Waals surface area contributed by atoms with E-state index in [1.54, 1.807) is 18.2 Å². The van der Waals surface area contributed by atoms with Crippen molar-refractivity contribution in [2.45, 2.75) is 13.3 Å². The van der Waals surface area contributed by atoms with Gasteiger partial charge in [-0.05, 0) is 36.8 Å². The molecular weight excluding hydrogens is 378 g/mol. The smallest absolute Gasteiger partial charge is 0.248 e. The van der Waals surface area contributed by atoms with Crippen LogP contribution in [0.15, 0.2) is 53.0 Å². The molecule has 0 aromatic heterocycles. The van der Waals surface area contributed by atoms with Gasteiger partial charge in [-0.15, -0.1) is 0 Å². The summed E-state index contributed by atoms with van der Waals surface area (Å²) in [5.41, 5.74) is 1.43. The van der Waals surface area contributed by atoms with Gasteiger partial charge in [-0.3, -0.25) is 4.79 Å². The molecule has 1 N–H and O–H groups in total. The lowest BCUT2D eigenvalue weighted by atomic mass is 10.2. The second-order valence-corrected chi connectivity index (χ2v) is 6.16. The van der Waals surface area contributed by atoms with Crippen molar-refractivity contribution < 1.29 is 9.53 Å². The van der Waals surface area contributed by atoms with Gasteiger partial charge in [0.2, 0.25) is 5.91 Å². The molecule has 0 aliphatic rings. The molecule has 0 saturated heterocycles. The maximum Gasteiger partial charge on any atom is 0.248 e. The van der Waals surface area contributed by atoms with Gasteiger partial charge in [-0.2, -0.15) is 0 Å². The normalized spacial score (nSPS) is 10.7. The molecular formula is C18H17BrClNO2. The maximum atomic E-state index is 12.0. The van der Waals surface area contributed by atoms with Gasteiger partial charge in [-0.25, -0.2) is 0 Å². The summed E-state index contributed by atoms with van der Waals surface area (Å²) in [7, 11) is 0. The van der Waals surface area contributed by atoms with Crippen LogP contribution in [0.5, 0.6) is 5.75 Å². The second kappa shape index (κ2) is 8.75. The predicted octanol–water partition coefficient (Wildman–Crippen LogP) is 5.54. The zero-order valence-electron chi connectivity index (χ0n) is 12.7. The average Bonchev–Trinajstić information content (AvgIpc) is 2.54. The van der Waals surface area contributed by atoms with E-state index in [1.165, 1.54) is 6.08 Å². The average molecular weight is 395 g/mol. The van der Waals surface area contributed by atoms with Crippen LogP contribution in [-0.2, 0) is 4.79 Å². The quantitative estimate of drug-likeness (QED) is 0.653. The lowest BCUT2D eigenvalue weighted by Crippen LogP contribution is -2.08. The summed E-state index contributed by atoms with van der Waals surface area (Å²) in [6, 6.07) is 12.9. The van der Waals surface area contributed by atoms with E-state index in [-0.39, 0.29) is 5.91 Å². The molecule has 23 heavy (non-hydrogen) atoms. The van der Waals surface area contributed by atoms with Crippen molar-refractivity contribution in [3.8, 4) is 5.75 Å². The number of hydrogen-bond acceptors (Lipinski definition) is 2. The fraction of sp³-hybridized carbons (Fsp3) is 0.167. The molecule has 5 heteroatoms. The van der Waals surface area contributed by atoms with E-state index in [0.717, 1.165) is 22.2 Å². The number of amides is 1. The van der Waals surface area contributed by atoms with Crippen molar-refractivity contribution in [1.82, 2.24) is 0 Å². The highest BCUT2D eigenvalue weighted by molar-refractivity contribution is 9.10. The number of nitrogens with one attached hydrogen (secondary N) is 1. The topological polar surface area (TPSA) is 38.3 Å². The molecule has 0 atom stereocenters. The Bertz CT molecular complexity index is 716. The first-order valence-electron chi connectivity index (χ1n) is 7.26. The third-order valence-electron chi connectivity index (χ3n) is 2.98. The number of halogens is 2. The molecule has 0 heterocycles. The Hall–Kier alpha value is -1.78. The molecule has 120 valence electrons. The summed E-state index contributed by atoms with van der Waals surface area (Å²) in [6.07, 6.45) is 4.13. The molecule has 0 fully saturated rings. The van der Waals surface area contributed by atoms with E-state index in [0.29, 0.717) is 17.3 Å². The van der Waals surface area contributed by atoms with E-state index in [9.17, 15) is 4.79 Å². The lowest BCUT2D eigenvalue weighted by molar-refractivity contribution is -0.111. The van der Waals surface area contributed by atoms with Crippen LogP contribution in [-0.4, -0.2) is 12.5 Å². The highest BCUT2D eigenvalue weighted by Gasteiger charge is 2.04. The van der Waals surface area contributed by atoms with Crippen molar-refractivity contribution in [3.63, 3.8) is 0 Å². The monoisotopic (exact) mass is 393 g/mol. The van der Waals surface area contributed by atoms with Gasteiger partial charge in [0.15, 0.2) is 0 Å². The Morgan fingerprint density at radius 2 is 2.09 bits per heavy atom. The van der Waals surface area contributed by atoms with Crippen LogP contribution in [0, 0.1) is 0 Å². The number of carbonyl (C=O) groups excluding carboxylic acids is 1. The Kier molecular flexibility index (Phi) is 6.68. The first-order valence-corrected chi connectivity index (χ1v) is 8.43. The Labute approximate surface area is 149 Å². The molecule has 0 spiro atoms. The number of ether oxygens (including phenoxy) is 1. The van der Waals surface area contributed by atoms with E-state index in [2.05, 4.69) is 21.2 Å². The summed E-state index contributed by atoms with van der Waals surface area (Å²) in [5, 5.41) is 3.23. The number of rotatable bonds is 6. The molecule has 3 nitrogen and oxygen atoms in total. The van der Waals surface area contributed by atoms with Crippen LogP contribution < -0.4 is 10.1 Å². The first kappa shape index (κ1) is 17.6. The van der Waals surface area contributed by atoms with Crippen molar-refractivity contribution in [1.29, 1.82) is 0 Å². The molecule has 0 radical (unpaired) electrons. The van der Waals surface area contributed by atoms with Crippen molar-refractivity contribution >= 4 is 45.2 Å². The number of para-hydroxylation sites is 1. The van der Waals surface area contributed by atoms with Crippen LogP contribution in [0.4, 0.5) is 5.69 Å². The zero-order chi connectivity index (χ0) is 16.7. The summed E-state index contributed by atoms with van der Waals surface area (Å²) in [5.74, 6) is 0.514. The van der Waals surface area contributed by atoms with E-state index < -0.39 is 0 Å². The lowest BCUT2D eigenvalue weighted by Gasteiger charge is -2.08. The number of carbonyl (C=O) groups is 1. The van der Waals surface area contributed by atoms with Crippen LogP contribution in [0.2, 0.25) is 5.02 Å². The minimum absolute atomic E-state index is 0.250. The summed E-state index contributed by atoms with van der Waals surface area (Å²) < 4.78 is 6.52. The Morgan fingerprint density at radius 1 is 1.30 bits per heavy atom. The van der Waals surface area contributed by atoms with Crippen LogP contribution in [0.25, 0.3) is 6.08 Å². The Balaban J connectivity index is 2.06. The summed E-state index contributed by atoms with van der Waals surface area (Å²) >= 11 is 9.41. The number of benzene rings is 2. The largest absolute Gasteiger partial charge is 0.493 e. The molecule has 1 amide bonds. The fourth-order valence-electron chi connectivity index (χ4n) is 1.89. The summed E-state index contributed by atoms with van der Waals surface area (Å²) in [6.45, 7) is 2.69. The fourth-order valence-corrected chi connectivity index (χ4v) is 2.61. The SMILES string of the molecule is CCCOc1ccccc1/C=C/C(=O)Nc1ccc(Br)cc1Cl. The van der Waals surface area contributed by atoms with E-state index in [1.807, 2.05) is 37.3 Å². The van der Waals surface area contributed by atoms with Gasteiger partial charge < -0.3 is 10.1 Å². The zero-order valence-corrected chi connectivity index (χ0v) is 15.0. The van der Waals surface area contributed by atoms with Gasteiger partial charge in [-0.1, -0.05) is 52.7 Å². The van der Waals surface area contributed by atoms with Gasteiger partial charge in [0.25, 0.3) is 0 Å². The van der Waals surface area contributed by atoms with Crippen molar-refractivity contribution in [2.75, 3.05) is 11.9 Å². The minimum Gasteiger partial charge on any atom is -0.493 e. The second-order valence-electron chi connectivity index (χ2n) is 4.83. The standard InChI is InChI=1S/C18H17BrClNO2/c1-2-11-23-17-6-4-3-5-13(17)7-10-18(22)21-16-9-8-14(19)12-15(16)20/h3-10,12H,2,11H2,1H3,(H,21,22)/b10-7+. The molecule has 0 aliphatic heterocycles. The molecule has 0 aliphatic carbocycles. The van der Waals surface area contributed by atoms with Crippen molar-refractivity contribution in [2.24, 2.45) is 0 Å². The highest BCUT2D eigenvalue weighted by atomic mass is 79.9. The highest BCUT2D eigenvalue weighted by Crippen LogP contribution is 2.26. The molecule has 0 bridgehead atoms. The third kappa shape index (κ3) is 5.41. The first-order chi connectivity index (χ1) is 11.1. The van der Waals surface area contributed by atoms with Gasteiger partial charge in [0.05, 0.1) is 17.3 Å². The van der Waals surface area contributed by atoms with Gasteiger partial charge in [0.1, 0.15) is 5.75 Å².